The third kappa shape index (κ3) is 3.72. The van der Waals surface area contributed by atoms with E-state index in [4.69, 9.17) is 5.73 Å². The topological polar surface area (TPSA) is 64.2 Å². The molecular formula is C19H27ClN4O. The third-order valence-electron chi connectivity index (χ3n) is 5.09. The summed E-state index contributed by atoms with van der Waals surface area (Å²) in [4.78, 5) is 14.9. The van der Waals surface area contributed by atoms with E-state index in [-0.39, 0.29) is 29.8 Å². The lowest BCUT2D eigenvalue weighted by Gasteiger charge is -2.42. The van der Waals surface area contributed by atoms with Crippen LogP contribution in [0.3, 0.4) is 0 Å². The summed E-state index contributed by atoms with van der Waals surface area (Å²) in [6.45, 7) is 9.64. The molecule has 1 unspecified atom stereocenters. The highest BCUT2D eigenvalue weighted by Gasteiger charge is 2.36. The summed E-state index contributed by atoms with van der Waals surface area (Å²) in [7, 11) is 0. The molecule has 1 aliphatic heterocycles. The van der Waals surface area contributed by atoms with Crippen LogP contribution in [0.25, 0.3) is 5.69 Å². The first-order chi connectivity index (χ1) is 11.3. The lowest BCUT2D eigenvalue weighted by Crippen LogP contribution is -2.54. The molecule has 1 saturated heterocycles. The Morgan fingerprint density at radius 1 is 1.32 bits per heavy atom. The Kier molecular flexibility index (Phi) is 5.59. The summed E-state index contributed by atoms with van der Waals surface area (Å²) in [5, 5.41) is 4.44. The van der Waals surface area contributed by atoms with E-state index in [1.807, 2.05) is 41.6 Å². The Morgan fingerprint density at radius 2 is 2.04 bits per heavy atom. The Labute approximate surface area is 155 Å². The van der Waals surface area contributed by atoms with Gasteiger partial charge in [0.25, 0.3) is 5.91 Å². The number of aromatic nitrogens is 2. The van der Waals surface area contributed by atoms with Crippen LogP contribution >= 0.6 is 12.4 Å². The highest BCUT2D eigenvalue weighted by atomic mass is 35.5. The summed E-state index contributed by atoms with van der Waals surface area (Å²) in [6.07, 6.45) is 2.52. The van der Waals surface area contributed by atoms with Crippen molar-refractivity contribution in [1.82, 2.24) is 14.7 Å². The molecule has 5 nitrogen and oxygen atoms in total. The molecule has 1 aromatic heterocycles. The number of hydrogen-bond donors (Lipinski definition) is 1. The number of amides is 1. The van der Waals surface area contributed by atoms with Crippen LogP contribution in [0.1, 0.15) is 41.9 Å². The molecule has 0 bridgehead atoms. The fraction of sp³-hybridized carbons (Fsp3) is 0.474. The molecule has 1 amide bonds. The average molecular weight is 363 g/mol. The van der Waals surface area contributed by atoms with Crippen LogP contribution in [-0.4, -0.2) is 39.7 Å². The summed E-state index contributed by atoms with van der Waals surface area (Å²) >= 11 is 0. The quantitative estimate of drug-likeness (QED) is 0.892. The van der Waals surface area contributed by atoms with Crippen molar-refractivity contribution in [2.24, 2.45) is 11.1 Å². The third-order valence-corrected chi connectivity index (χ3v) is 5.09. The van der Waals surface area contributed by atoms with Gasteiger partial charge in [-0.2, -0.15) is 5.10 Å². The first kappa shape index (κ1) is 19.5. The summed E-state index contributed by atoms with van der Waals surface area (Å²) in [5.74, 6) is 0.0476. The van der Waals surface area contributed by atoms with Gasteiger partial charge in [0.2, 0.25) is 0 Å². The van der Waals surface area contributed by atoms with Crippen molar-refractivity contribution in [3.63, 3.8) is 0 Å². The zero-order chi connectivity index (χ0) is 17.5. The maximum Gasteiger partial charge on any atom is 0.257 e. The predicted molar refractivity (Wildman–Crippen MR) is 103 cm³/mol. The smallest absolute Gasteiger partial charge is 0.257 e. The van der Waals surface area contributed by atoms with Gasteiger partial charge in [0.05, 0.1) is 23.1 Å². The van der Waals surface area contributed by atoms with E-state index in [9.17, 15) is 4.79 Å². The van der Waals surface area contributed by atoms with Crippen molar-refractivity contribution in [3.8, 4) is 5.69 Å². The molecule has 1 aliphatic rings. The zero-order valence-electron chi connectivity index (χ0n) is 15.3. The average Bonchev–Trinajstić information content (AvgIpc) is 2.91. The molecule has 1 atom stereocenters. The Bertz CT molecular complexity index is 769. The summed E-state index contributed by atoms with van der Waals surface area (Å²) in [6, 6.07) is 8.26. The van der Waals surface area contributed by atoms with Crippen molar-refractivity contribution in [2.45, 2.75) is 40.2 Å². The van der Waals surface area contributed by atoms with Gasteiger partial charge in [-0.3, -0.25) is 4.79 Å². The molecule has 0 aliphatic carbocycles. The number of carbonyl (C=O) groups excluding carboxylic acids is 1. The maximum atomic E-state index is 13.0. The molecule has 1 fully saturated rings. The number of halogens is 1. The SMILES string of the molecule is Cc1cccc(-n2ncc(C(=O)N3CCC(N)C(C)(C)C3)c2C)c1.Cl. The van der Waals surface area contributed by atoms with Gasteiger partial charge in [-0.25, -0.2) is 4.68 Å². The van der Waals surface area contributed by atoms with Crippen LogP contribution < -0.4 is 5.73 Å². The van der Waals surface area contributed by atoms with E-state index in [0.717, 1.165) is 17.8 Å². The summed E-state index contributed by atoms with van der Waals surface area (Å²) in [5.41, 5.74) is 9.81. The lowest BCUT2D eigenvalue weighted by atomic mass is 9.79. The second kappa shape index (κ2) is 7.18. The Balaban J connectivity index is 0.00000225. The standard InChI is InChI=1S/C19H26N4O.ClH/c1-13-6-5-7-15(10-13)23-14(2)16(11-21-23)18(24)22-9-8-17(20)19(3,4)12-22;/h5-7,10-11,17H,8-9,12,20H2,1-4H3;1H. The van der Waals surface area contributed by atoms with E-state index in [0.29, 0.717) is 18.7 Å². The van der Waals surface area contributed by atoms with Gasteiger partial charge in [0.1, 0.15) is 0 Å². The highest BCUT2D eigenvalue weighted by Crippen LogP contribution is 2.29. The molecule has 0 saturated carbocycles. The number of rotatable bonds is 2. The number of piperidine rings is 1. The van der Waals surface area contributed by atoms with Gasteiger partial charge < -0.3 is 10.6 Å². The molecule has 136 valence electrons. The Hall–Kier alpha value is -1.85. The van der Waals surface area contributed by atoms with Gasteiger partial charge >= 0.3 is 0 Å². The first-order valence-electron chi connectivity index (χ1n) is 8.46. The molecule has 25 heavy (non-hydrogen) atoms. The molecule has 1 aromatic carbocycles. The zero-order valence-corrected chi connectivity index (χ0v) is 16.1. The van der Waals surface area contributed by atoms with Gasteiger partial charge in [-0.15, -0.1) is 12.4 Å². The van der Waals surface area contributed by atoms with Crippen LogP contribution in [0.5, 0.6) is 0 Å². The van der Waals surface area contributed by atoms with Gasteiger partial charge in [-0.1, -0.05) is 26.0 Å². The molecule has 0 radical (unpaired) electrons. The predicted octanol–water partition coefficient (Wildman–Crippen LogP) is 3.11. The number of benzene rings is 1. The van der Waals surface area contributed by atoms with Crippen LogP contribution in [-0.2, 0) is 0 Å². The van der Waals surface area contributed by atoms with Crippen LogP contribution in [0.2, 0.25) is 0 Å². The molecule has 2 N–H and O–H groups in total. The number of hydrogen-bond acceptors (Lipinski definition) is 3. The van der Waals surface area contributed by atoms with E-state index >= 15 is 0 Å². The summed E-state index contributed by atoms with van der Waals surface area (Å²) < 4.78 is 1.83. The first-order valence-corrected chi connectivity index (χ1v) is 8.46. The fourth-order valence-electron chi connectivity index (χ4n) is 3.36. The maximum absolute atomic E-state index is 13.0. The normalized spacial score (nSPS) is 19.4. The van der Waals surface area contributed by atoms with Crippen molar-refractivity contribution >= 4 is 18.3 Å². The van der Waals surface area contributed by atoms with Gasteiger partial charge in [0, 0.05) is 19.1 Å². The van der Waals surface area contributed by atoms with Crippen molar-refractivity contribution in [1.29, 1.82) is 0 Å². The van der Waals surface area contributed by atoms with Gasteiger partial charge in [-0.05, 0) is 43.4 Å². The molecule has 6 heteroatoms. The van der Waals surface area contributed by atoms with Crippen LogP contribution in [0.4, 0.5) is 0 Å². The monoisotopic (exact) mass is 362 g/mol. The van der Waals surface area contributed by atoms with Gasteiger partial charge in [0.15, 0.2) is 0 Å². The minimum Gasteiger partial charge on any atom is -0.338 e. The lowest BCUT2D eigenvalue weighted by molar-refractivity contribution is 0.0532. The number of nitrogens with zero attached hydrogens (tertiary/aromatic N) is 3. The fourth-order valence-corrected chi connectivity index (χ4v) is 3.36. The molecule has 2 heterocycles. The Morgan fingerprint density at radius 3 is 2.68 bits per heavy atom. The van der Waals surface area contributed by atoms with Crippen molar-refractivity contribution in [2.75, 3.05) is 13.1 Å². The highest BCUT2D eigenvalue weighted by molar-refractivity contribution is 5.95. The van der Waals surface area contributed by atoms with Crippen molar-refractivity contribution < 1.29 is 4.79 Å². The second-order valence-corrected chi connectivity index (χ2v) is 7.50. The minimum absolute atomic E-state index is 0. The van der Waals surface area contributed by atoms with Crippen LogP contribution in [0.15, 0.2) is 30.5 Å². The number of carbonyl (C=O) groups is 1. The van der Waals surface area contributed by atoms with E-state index in [2.05, 4.69) is 25.0 Å². The molecule has 0 spiro atoms. The van der Waals surface area contributed by atoms with E-state index in [1.165, 1.54) is 5.56 Å². The molecule has 3 rings (SSSR count). The minimum atomic E-state index is -0.0612. The molecule has 2 aromatic rings. The largest absolute Gasteiger partial charge is 0.338 e. The van der Waals surface area contributed by atoms with Crippen molar-refractivity contribution in [3.05, 3.63) is 47.3 Å². The van der Waals surface area contributed by atoms with Crippen LogP contribution in [0, 0.1) is 19.3 Å². The second-order valence-electron chi connectivity index (χ2n) is 7.50. The number of aryl methyl sites for hydroxylation is 1. The number of likely N-dealkylation sites (tertiary alicyclic amines) is 1. The molecular weight excluding hydrogens is 336 g/mol. The number of nitrogens with two attached hydrogens (primary N) is 1. The van der Waals surface area contributed by atoms with E-state index in [1.54, 1.807) is 6.20 Å². The van der Waals surface area contributed by atoms with E-state index < -0.39 is 0 Å².